The minimum absolute atomic E-state index is 0.279. The van der Waals surface area contributed by atoms with E-state index >= 15 is 0 Å². The number of H-pyrrole nitrogens is 1. The number of para-hydroxylation sites is 1. The summed E-state index contributed by atoms with van der Waals surface area (Å²) >= 11 is 0. The van der Waals surface area contributed by atoms with Gasteiger partial charge in [-0.1, -0.05) is 93.3 Å². The Labute approximate surface area is 193 Å². The smallest absolute Gasteiger partial charge is 0.222 e. The standard InChI is InChI=1S/C29H38N2O/c1-3-5-8-15-25(21-24-13-9-7-10-14-24)23-31(29(32)18-6-4-2)20-19-26-22-30-28-17-12-11-16-27(26)28/h7,9-14,16-17,21-22,30H,3-6,8,15,18-20,23H2,1-2H3. The molecule has 32 heavy (non-hydrogen) atoms. The molecule has 0 unspecified atom stereocenters. The average molecular weight is 431 g/mol. The van der Waals surface area contributed by atoms with Gasteiger partial charge in [-0.15, -0.1) is 0 Å². The topological polar surface area (TPSA) is 36.1 Å². The van der Waals surface area contributed by atoms with Crippen LogP contribution in [-0.4, -0.2) is 28.9 Å². The molecule has 3 heteroatoms. The fourth-order valence-electron chi connectivity index (χ4n) is 4.20. The molecule has 1 heterocycles. The van der Waals surface area contributed by atoms with Gasteiger partial charge in [0.05, 0.1) is 0 Å². The molecule has 1 aromatic heterocycles. The molecule has 170 valence electrons. The zero-order valence-electron chi connectivity index (χ0n) is 19.8. The van der Waals surface area contributed by atoms with E-state index in [9.17, 15) is 4.79 Å². The van der Waals surface area contributed by atoms with Crippen molar-refractivity contribution >= 4 is 22.9 Å². The number of nitrogens with zero attached hydrogens (tertiary/aromatic N) is 1. The van der Waals surface area contributed by atoms with Crippen molar-refractivity contribution in [2.24, 2.45) is 0 Å². The van der Waals surface area contributed by atoms with Crippen molar-refractivity contribution in [3.63, 3.8) is 0 Å². The molecule has 0 saturated carbocycles. The number of hydrogen-bond donors (Lipinski definition) is 1. The highest BCUT2D eigenvalue weighted by Gasteiger charge is 2.16. The van der Waals surface area contributed by atoms with Gasteiger partial charge in [-0.25, -0.2) is 0 Å². The van der Waals surface area contributed by atoms with Gasteiger partial charge >= 0.3 is 0 Å². The SMILES string of the molecule is CCCCCC(=Cc1ccccc1)CN(CCc1c[nH]c2ccccc12)C(=O)CCCC. The molecule has 0 spiro atoms. The lowest BCUT2D eigenvalue weighted by Gasteiger charge is -2.25. The fourth-order valence-corrected chi connectivity index (χ4v) is 4.20. The Balaban J connectivity index is 1.77. The van der Waals surface area contributed by atoms with Gasteiger partial charge in [-0.3, -0.25) is 4.79 Å². The quantitative estimate of drug-likeness (QED) is 0.282. The molecule has 0 aliphatic rings. The Morgan fingerprint density at radius 2 is 1.66 bits per heavy atom. The van der Waals surface area contributed by atoms with Crippen LogP contribution < -0.4 is 0 Å². The summed E-state index contributed by atoms with van der Waals surface area (Å²) in [4.78, 5) is 18.6. The molecule has 0 aliphatic heterocycles. The van der Waals surface area contributed by atoms with Gasteiger partial charge in [0.1, 0.15) is 0 Å². The number of carbonyl (C=O) groups excluding carboxylic acids is 1. The van der Waals surface area contributed by atoms with E-state index in [4.69, 9.17) is 0 Å². The van der Waals surface area contributed by atoms with Gasteiger partial charge in [-0.2, -0.15) is 0 Å². The highest BCUT2D eigenvalue weighted by molar-refractivity contribution is 5.83. The lowest BCUT2D eigenvalue weighted by Crippen LogP contribution is -2.34. The van der Waals surface area contributed by atoms with Crippen LogP contribution in [0.5, 0.6) is 0 Å². The summed E-state index contributed by atoms with van der Waals surface area (Å²) < 4.78 is 0. The normalized spacial score (nSPS) is 11.8. The first-order valence-electron chi connectivity index (χ1n) is 12.3. The number of benzene rings is 2. The molecular weight excluding hydrogens is 392 g/mol. The molecule has 1 N–H and O–H groups in total. The van der Waals surface area contributed by atoms with E-state index < -0.39 is 0 Å². The zero-order valence-corrected chi connectivity index (χ0v) is 19.8. The van der Waals surface area contributed by atoms with Crippen LogP contribution in [0, 0.1) is 0 Å². The van der Waals surface area contributed by atoms with Crippen molar-refractivity contribution in [1.82, 2.24) is 9.88 Å². The molecule has 3 nitrogen and oxygen atoms in total. The second-order valence-corrected chi connectivity index (χ2v) is 8.70. The number of amides is 1. The number of fused-ring (bicyclic) bond motifs is 1. The average Bonchev–Trinajstić information content (AvgIpc) is 3.24. The van der Waals surface area contributed by atoms with E-state index in [1.807, 2.05) is 0 Å². The molecule has 0 bridgehead atoms. The summed E-state index contributed by atoms with van der Waals surface area (Å²) in [5.41, 5.74) is 5.02. The summed E-state index contributed by atoms with van der Waals surface area (Å²) in [7, 11) is 0. The summed E-state index contributed by atoms with van der Waals surface area (Å²) in [5, 5.41) is 1.26. The first-order chi connectivity index (χ1) is 15.7. The van der Waals surface area contributed by atoms with Gasteiger partial charge in [0.2, 0.25) is 5.91 Å². The van der Waals surface area contributed by atoms with Crippen LogP contribution in [0.3, 0.4) is 0 Å². The van der Waals surface area contributed by atoms with E-state index in [0.29, 0.717) is 6.42 Å². The van der Waals surface area contributed by atoms with Crippen LogP contribution in [0.1, 0.15) is 69.9 Å². The van der Waals surface area contributed by atoms with E-state index in [0.717, 1.165) is 44.3 Å². The predicted octanol–water partition coefficient (Wildman–Crippen LogP) is 7.39. The van der Waals surface area contributed by atoms with Crippen molar-refractivity contribution in [2.75, 3.05) is 13.1 Å². The van der Waals surface area contributed by atoms with E-state index in [1.54, 1.807) is 0 Å². The largest absolute Gasteiger partial charge is 0.361 e. The number of unbranched alkanes of at least 4 members (excludes halogenated alkanes) is 3. The van der Waals surface area contributed by atoms with Crippen molar-refractivity contribution < 1.29 is 4.79 Å². The van der Waals surface area contributed by atoms with Crippen molar-refractivity contribution in [3.05, 3.63) is 77.5 Å². The Bertz CT molecular complexity index is 987. The molecule has 0 atom stereocenters. The maximum Gasteiger partial charge on any atom is 0.222 e. The first-order valence-corrected chi connectivity index (χ1v) is 12.3. The molecule has 0 fully saturated rings. The summed E-state index contributed by atoms with van der Waals surface area (Å²) in [6, 6.07) is 18.9. The van der Waals surface area contributed by atoms with E-state index in [1.165, 1.54) is 41.3 Å². The van der Waals surface area contributed by atoms with Crippen LogP contribution in [0.2, 0.25) is 0 Å². The van der Waals surface area contributed by atoms with Gasteiger partial charge in [-0.05, 0) is 42.9 Å². The maximum atomic E-state index is 13.1. The lowest BCUT2D eigenvalue weighted by molar-refractivity contribution is -0.130. The van der Waals surface area contributed by atoms with Gasteiger partial charge in [0, 0.05) is 36.6 Å². The number of hydrogen-bond acceptors (Lipinski definition) is 1. The Hall–Kier alpha value is -2.81. The molecule has 1 amide bonds. The van der Waals surface area contributed by atoms with Crippen LogP contribution in [0.25, 0.3) is 17.0 Å². The highest BCUT2D eigenvalue weighted by atomic mass is 16.2. The lowest BCUT2D eigenvalue weighted by atomic mass is 10.0. The second-order valence-electron chi connectivity index (χ2n) is 8.70. The van der Waals surface area contributed by atoms with Crippen LogP contribution in [0.4, 0.5) is 0 Å². The molecule has 2 aromatic carbocycles. The van der Waals surface area contributed by atoms with E-state index in [-0.39, 0.29) is 5.91 Å². The maximum absolute atomic E-state index is 13.1. The summed E-state index contributed by atoms with van der Waals surface area (Å²) in [5.74, 6) is 0.279. The molecule has 0 radical (unpaired) electrons. The Morgan fingerprint density at radius 3 is 2.44 bits per heavy atom. The van der Waals surface area contributed by atoms with E-state index in [2.05, 4.69) is 90.6 Å². The van der Waals surface area contributed by atoms with Crippen LogP contribution >= 0.6 is 0 Å². The van der Waals surface area contributed by atoms with Crippen molar-refractivity contribution in [3.8, 4) is 0 Å². The van der Waals surface area contributed by atoms with Crippen molar-refractivity contribution in [2.45, 2.75) is 65.2 Å². The highest BCUT2D eigenvalue weighted by Crippen LogP contribution is 2.20. The monoisotopic (exact) mass is 430 g/mol. The minimum Gasteiger partial charge on any atom is -0.361 e. The molecule has 3 rings (SSSR count). The number of nitrogens with one attached hydrogen (secondary N) is 1. The second kappa shape index (κ2) is 12.9. The number of aromatic nitrogens is 1. The summed E-state index contributed by atoms with van der Waals surface area (Å²) in [6.07, 6.45) is 12.6. The van der Waals surface area contributed by atoms with Gasteiger partial charge in [0.25, 0.3) is 0 Å². The van der Waals surface area contributed by atoms with Crippen molar-refractivity contribution in [1.29, 1.82) is 0 Å². The Morgan fingerprint density at radius 1 is 0.906 bits per heavy atom. The van der Waals surface area contributed by atoms with Crippen LogP contribution in [-0.2, 0) is 11.2 Å². The predicted molar refractivity (Wildman–Crippen MR) is 137 cm³/mol. The third-order valence-corrected chi connectivity index (χ3v) is 6.09. The fraction of sp³-hybridized carbons (Fsp3) is 0.414. The number of rotatable bonds is 13. The number of aromatic amines is 1. The molecule has 0 aliphatic carbocycles. The Kier molecular flexibility index (Phi) is 9.61. The third kappa shape index (κ3) is 7.12. The molecule has 0 saturated heterocycles. The summed E-state index contributed by atoms with van der Waals surface area (Å²) in [6.45, 7) is 5.87. The molecular formula is C29H38N2O. The van der Waals surface area contributed by atoms with Gasteiger partial charge < -0.3 is 9.88 Å². The molecule has 3 aromatic rings. The minimum atomic E-state index is 0.279. The van der Waals surface area contributed by atoms with Crippen LogP contribution in [0.15, 0.2) is 66.4 Å². The van der Waals surface area contributed by atoms with Gasteiger partial charge in [0.15, 0.2) is 0 Å². The number of carbonyl (C=O) groups is 1. The zero-order chi connectivity index (χ0) is 22.6. The first kappa shape index (κ1) is 23.8. The third-order valence-electron chi connectivity index (χ3n) is 6.09.